The van der Waals surface area contributed by atoms with Gasteiger partial charge in [-0.1, -0.05) is 41.9 Å². The Morgan fingerprint density at radius 3 is 2.67 bits per heavy atom. The molecule has 0 radical (unpaired) electrons. The van der Waals surface area contributed by atoms with Crippen LogP contribution in [-0.4, -0.2) is 11.9 Å². The third-order valence-electron chi connectivity index (χ3n) is 4.50. The molecule has 2 aromatic carbocycles. The van der Waals surface area contributed by atoms with E-state index in [1.807, 2.05) is 26.0 Å². The highest BCUT2D eigenvalue weighted by Gasteiger charge is 2.40. The predicted octanol–water partition coefficient (Wildman–Crippen LogP) is 4.22. The normalized spacial score (nSPS) is 19.3. The minimum atomic E-state index is -0.981. The largest absolute Gasteiger partial charge is 0.330 e. The van der Waals surface area contributed by atoms with Crippen LogP contribution in [0, 0.1) is 25.6 Å². The lowest BCUT2D eigenvalue weighted by atomic mass is 9.87. The molecule has 1 saturated heterocycles. The lowest BCUT2D eigenvalue weighted by molar-refractivity contribution is -0.119. The summed E-state index contributed by atoms with van der Waals surface area (Å²) in [6, 6.07) is 8.27. The number of carbonyl (C=O) groups is 2. The topological polar surface area (TPSA) is 70.2 Å². The molecule has 3 amide bonds. The van der Waals surface area contributed by atoms with Crippen LogP contribution >= 0.6 is 11.6 Å². The number of aryl methyl sites for hydroxylation is 2. The van der Waals surface area contributed by atoms with Crippen LogP contribution < -0.4 is 16.0 Å². The van der Waals surface area contributed by atoms with E-state index in [1.54, 1.807) is 6.07 Å². The Morgan fingerprint density at radius 2 is 2.00 bits per heavy atom. The maximum atomic E-state index is 14.4. The predicted molar refractivity (Wildman–Crippen MR) is 103 cm³/mol. The maximum absolute atomic E-state index is 14.4. The van der Waals surface area contributed by atoms with Gasteiger partial charge in [-0.15, -0.1) is 0 Å². The van der Waals surface area contributed by atoms with Crippen LogP contribution in [0.4, 0.5) is 14.9 Å². The molecular formula is C20H19ClFN3O2. The van der Waals surface area contributed by atoms with Crippen LogP contribution in [0.5, 0.6) is 0 Å². The number of benzene rings is 2. The maximum Gasteiger partial charge on any atom is 0.319 e. The average molecular weight is 388 g/mol. The van der Waals surface area contributed by atoms with Gasteiger partial charge in [-0.05, 0) is 37.6 Å². The quantitative estimate of drug-likeness (QED) is 0.738. The van der Waals surface area contributed by atoms with Crippen molar-refractivity contribution in [3.63, 3.8) is 0 Å². The first-order valence-electron chi connectivity index (χ1n) is 8.36. The number of anilines is 1. The van der Waals surface area contributed by atoms with Crippen molar-refractivity contribution in [2.75, 3.05) is 5.32 Å². The summed E-state index contributed by atoms with van der Waals surface area (Å²) in [7, 11) is 0. The van der Waals surface area contributed by atoms with E-state index in [0.717, 1.165) is 11.1 Å². The zero-order valence-electron chi connectivity index (χ0n) is 14.9. The van der Waals surface area contributed by atoms with Crippen LogP contribution in [-0.2, 0) is 4.79 Å². The first-order valence-corrected chi connectivity index (χ1v) is 8.74. The Labute approximate surface area is 161 Å². The van der Waals surface area contributed by atoms with Gasteiger partial charge < -0.3 is 16.0 Å². The summed E-state index contributed by atoms with van der Waals surface area (Å²) in [4.78, 5) is 24.9. The van der Waals surface area contributed by atoms with Gasteiger partial charge in [0.15, 0.2) is 0 Å². The zero-order chi connectivity index (χ0) is 19.7. The molecule has 27 heavy (non-hydrogen) atoms. The van der Waals surface area contributed by atoms with Crippen molar-refractivity contribution in [1.29, 1.82) is 0 Å². The van der Waals surface area contributed by atoms with Gasteiger partial charge in [-0.2, -0.15) is 0 Å². The molecule has 0 aromatic heterocycles. The summed E-state index contributed by atoms with van der Waals surface area (Å²) < 4.78 is 14.4. The van der Waals surface area contributed by atoms with Crippen molar-refractivity contribution in [2.24, 2.45) is 5.92 Å². The molecule has 5 nitrogen and oxygen atoms in total. The molecule has 0 bridgehead atoms. The molecule has 140 valence electrons. The van der Waals surface area contributed by atoms with E-state index in [2.05, 4.69) is 22.5 Å². The number of halogens is 2. The molecule has 2 aromatic rings. The van der Waals surface area contributed by atoms with E-state index in [0.29, 0.717) is 5.69 Å². The molecule has 3 rings (SSSR count). The van der Waals surface area contributed by atoms with Crippen LogP contribution in [0.25, 0.3) is 0 Å². The van der Waals surface area contributed by atoms with Crippen LogP contribution in [0.3, 0.4) is 0 Å². The van der Waals surface area contributed by atoms with Gasteiger partial charge in [0.05, 0.1) is 6.04 Å². The molecule has 1 fully saturated rings. The van der Waals surface area contributed by atoms with Crippen molar-refractivity contribution in [3.8, 4) is 0 Å². The summed E-state index contributed by atoms with van der Waals surface area (Å²) in [6.45, 7) is 7.62. The molecule has 2 atom stereocenters. The molecule has 0 aliphatic carbocycles. The Hall–Kier alpha value is -2.86. The van der Waals surface area contributed by atoms with Crippen molar-refractivity contribution in [2.45, 2.75) is 19.9 Å². The fourth-order valence-electron chi connectivity index (χ4n) is 3.21. The second-order valence-electron chi connectivity index (χ2n) is 6.52. The zero-order valence-corrected chi connectivity index (χ0v) is 15.7. The van der Waals surface area contributed by atoms with Crippen LogP contribution in [0.1, 0.15) is 22.7 Å². The number of hydrogen-bond acceptors (Lipinski definition) is 2. The van der Waals surface area contributed by atoms with E-state index in [4.69, 9.17) is 11.6 Å². The van der Waals surface area contributed by atoms with E-state index in [9.17, 15) is 14.0 Å². The van der Waals surface area contributed by atoms with Gasteiger partial charge in [0, 0.05) is 22.0 Å². The second-order valence-corrected chi connectivity index (χ2v) is 6.93. The third-order valence-corrected chi connectivity index (χ3v) is 4.83. The Kier molecular flexibility index (Phi) is 5.19. The van der Waals surface area contributed by atoms with Gasteiger partial charge in [0.1, 0.15) is 11.7 Å². The number of urea groups is 1. The van der Waals surface area contributed by atoms with Crippen LogP contribution in [0.15, 0.2) is 48.7 Å². The van der Waals surface area contributed by atoms with Gasteiger partial charge >= 0.3 is 6.03 Å². The number of rotatable bonds is 3. The Morgan fingerprint density at radius 1 is 1.26 bits per heavy atom. The summed E-state index contributed by atoms with van der Waals surface area (Å²) in [5, 5.41) is 8.04. The Balaban J connectivity index is 1.97. The molecule has 7 heteroatoms. The van der Waals surface area contributed by atoms with Crippen LogP contribution in [0.2, 0.25) is 5.02 Å². The molecule has 0 spiro atoms. The van der Waals surface area contributed by atoms with E-state index < -0.39 is 29.7 Å². The number of hydrogen-bond donors (Lipinski definition) is 3. The standard InChI is InChI=1S/C20H19ClFN3O2/c1-10-7-8-15(11(2)9-10)24-19(26)16-12(3)23-20(27)25-18(16)17-13(21)5-4-6-14(17)22/h4-9,16,18H,3H2,1-2H3,(H,24,26)(H2,23,25,27)/t16-,18-/m1/s1. The van der Waals surface area contributed by atoms with Crippen molar-refractivity contribution in [3.05, 3.63) is 76.2 Å². The van der Waals surface area contributed by atoms with E-state index >= 15 is 0 Å². The first-order chi connectivity index (χ1) is 12.8. The van der Waals surface area contributed by atoms with E-state index in [1.165, 1.54) is 18.2 Å². The average Bonchev–Trinajstić information content (AvgIpc) is 2.56. The van der Waals surface area contributed by atoms with Gasteiger partial charge in [0.2, 0.25) is 5.91 Å². The number of carbonyl (C=O) groups excluding carboxylic acids is 2. The summed E-state index contributed by atoms with van der Waals surface area (Å²) >= 11 is 6.16. The van der Waals surface area contributed by atoms with Crippen molar-refractivity contribution >= 4 is 29.2 Å². The van der Waals surface area contributed by atoms with Gasteiger partial charge in [0.25, 0.3) is 0 Å². The number of amides is 3. The monoisotopic (exact) mass is 387 g/mol. The highest BCUT2D eigenvalue weighted by Crippen LogP contribution is 2.36. The third kappa shape index (κ3) is 3.80. The highest BCUT2D eigenvalue weighted by atomic mass is 35.5. The smallest absolute Gasteiger partial charge is 0.319 e. The molecule has 1 heterocycles. The summed E-state index contributed by atoms with van der Waals surface area (Å²) in [6.07, 6.45) is 0. The fourth-order valence-corrected chi connectivity index (χ4v) is 3.49. The highest BCUT2D eigenvalue weighted by molar-refractivity contribution is 6.31. The van der Waals surface area contributed by atoms with Crippen molar-refractivity contribution < 1.29 is 14.0 Å². The number of nitrogens with one attached hydrogen (secondary N) is 3. The first kappa shape index (κ1) is 18.9. The molecular weight excluding hydrogens is 369 g/mol. The van der Waals surface area contributed by atoms with Crippen molar-refractivity contribution in [1.82, 2.24) is 10.6 Å². The van der Waals surface area contributed by atoms with Gasteiger partial charge in [-0.25, -0.2) is 9.18 Å². The Bertz CT molecular complexity index is 925. The molecule has 0 saturated carbocycles. The minimum absolute atomic E-state index is 0.0518. The van der Waals surface area contributed by atoms with E-state index in [-0.39, 0.29) is 16.3 Å². The molecule has 0 unspecified atom stereocenters. The molecule has 1 aliphatic rings. The summed E-state index contributed by atoms with van der Waals surface area (Å²) in [5.74, 6) is -1.98. The molecule has 3 N–H and O–H groups in total. The lowest BCUT2D eigenvalue weighted by Crippen LogP contribution is -2.52. The van der Waals surface area contributed by atoms with Gasteiger partial charge in [-0.3, -0.25) is 4.79 Å². The lowest BCUT2D eigenvalue weighted by Gasteiger charge is -2.34. The second kappa shape index (κ2) is 7.40. The minimum Gasteiger partial charge on any atom is -0.330 e. The fraction of sp³-hybridized carbons (Fsp3) is 0.200. The summed E-state index contributed by atoms with van der Waals surface area (Å²) in [5.41, 5.74) is 2.81. The SMILES string of the molecule is C=C1NC(=O)N[C@@H](c2c(F)cccc2Cl)[C@@H]1C(=O)Nc1ccc(C)cc1C. The molecule has 1 aliphatic heterocycles.